The molecule has 0 unspecified atom stereocenters. The summed E-state index contributed by atoms with van der Waals surface area (Å²) in [7, 11) is 0. The van der Waals surface area contributed by atoms with Gasteiger partial charge in [-0.05, 0) is 30.3 Å². The molecule has 0 bridgehead atoms. The van der Waals surface area contributed by atoms with Crippen molar-refractivity contribution in [2.45, 2.75) is 6.61 Å². The summed E-state index contributed by atoms with van der Waals surface area (Å²) in [5.74, 6) is -0.0357. The lowest BCUT2D eigenvalue weighted by Gasteiger charge is -2.02. The topological polar surface area (TPSA) is 72.6 Å². The molecule has 0 saturated heterocycles. The molecule has 0 aliphatic heterocycles. The van der Waals surface area contributed by atoms with Gasteiger partial charge in [-0.15, -0.1) is 0 Å². The van der Waals surface area contributed by atoms with Crippen LogP contribution in [0.15, 0.2) is 65.3 Å². The first kappa shape index (κ1) is 13.9. The summed E-state index contributed by atoms with van der Waals surface area (Å²) < 4.78 is 10.5. The minimum absolute atomic E-state index is 0.00478. The Labute approximate surface area is 126 Å². The molecular formula is C17H13NO4. The number of rotatable bonds is 4. The van der Waals surface area contributed by atoms with Gasteiger partial charge in [0.2, 0.25) is 5.89 Å². The summed E-state index contributed by atoms with van der Waals surface area (Å²) in [6.45, 7) is 0.00478. The number of aromatic hydroxyl groups is 1. The van der Waals surface area contributed by atoms with Gasteiger partial charge >= 0.3 is 5.97 Å². The minimum atomic E-state index is -0.528. The second-order valence-electron chi connectivity index (χ2n) is 4.64. The molecule has 22 heavy (non-hydrogen) atoms. The highest BCUT2D eigenvalue weighted by Crippen LogP contribution is 2.18. The first-order valence-corrected chi connectivity index (χ1v) is 6.68. The SMILES string of the molecule is O=C(OCc1coc(-c2ccccc2)n1)c1cccc(O)c1. The number of phenolic OH excluding ortho intramolecular Hbond substituents is 1. The summed E-state index contributed by atoms with van der Waals surface area (Å²) in [6, 6.07) is 15.4. The maximum atomic E-state index is 11.9. The normalized spacial score (nSPS) is 10.4. The number of aromatic nitrogens is 1. The van der Waals surface area contributed by atoms with E-state index in [1.807, 2.05) is 30.3 Å². The zero-order valence-electron chi connectivity index (χ0n) is 11.6. The van der Waals surface area contributed by atoms with E-state index in [2.05, 4.69) is 4.98 Å². The molecule has 0 amide bonds. The molecule has 5 nitrogen and oxygen atoms in total. The highest BCUT2D eigenvalue weighted by molar-refractivity contribution is 5.89. The van der Waals surface area contributed by atoms with Gasteiger partial charge in [0.25, 0.3) is 0 Å². The fourth-order valence-electron chi connectivity index (χ4n) is 1.94. The molecule has 0 aliphatic rings. The quantitative estimate of drug-likeness (QED) is 0.747. The lowest BCUT2D eigenvalue weighted by atomic mass is 10.2. The number of oxazole rings is 1. The Hall–Kier alpha value is -3.08. The van der Waals surface area contributed by atoms with Crippen LogP contribution in [-0.4, -0.2) is 16.1 Å². The smallest absolute Gasteiger partial charge is 0.338 e. The minimum Gasteiger partial charge on any atom is -0.508 e. The molecular weight excluding hydrogens is 282 g/mol. The van der Waals surface area contributed by atoms with Crippen molar-refractivity contribution in [1.29, 1.82) is 0 Å². The van der Waals surface area contributed by atoms with Crippen molar-refractivity contribution in [2.75, 3.05) is 0 Å². The molecule has 0 spiro atoms. The predicted molar refractivity (Wildman–Crippen MR) is 79.2 cm³/mol. The van der Waals surface area contributed by atoms with E-state index in [1.165, 1.54) is 18.4 Å². The Balaban J connectivity index is 1.65. The average Bonchev–Trinajstić information content (AvgIpc) is 3.02. The van der Waals surface area contributed by atoms with Crippen LogP contribution in [0, 0.1) is 0 Å². The number of phenols is 1. The third-order valence-corrected chi connectivity index (χ3v) is 3.01. The number of carbonyl (C=O) groups excluding carboxylic acids is 1. The van der Waals surface area contributed by atoms with Gasteiger partial charge < -0.3 is 14.3 Å². The predicted octanol–water partition coefficient (Wildman–Crippen LogP) is 3.40. The van der Waals surface area contributed by atoms with Crippen LogP contribution in [0.3, 0.4) is 0 Å². The molecule has 5 heteroatoms. The lowest BCUT2D eigenvalue weighted by Crippen LogP contribution is -2.05. The van der Waals surface area contributed by atoms with E-state index in [1.54, 1.807) is 12.1 Å². The van der Waals surface area contributed by atoms with E-state index < -0.39 is 5.97 Å². The average molecular weight is 295 g/mol. The Morgan fingerprint density at radius 3 is 2.73 bits per heavy atom. The molecule has 3 aromatic rings. The molecule has 0 fully saturated rings. The molecule has 1 heterocycles. The highest BCUT2D eigenvalue weighted by Gasteiger charge is 2.11. The van der Waals surface area contributed by atoms with Crippen LogP contribution in [0.1, 0.15) is 16.1 Å². The van der Waals surface area contributed by atoms with Crippen LogP contribution in [-0.2, 0) is 11.3 Å². The third kappa shape index (κ3) is 3.15. The third-order valence-electron chi connectivity index (χ3n) is 3.01. The summed E-state index contributed by atoms with van der Waals surface area (Å²) in [6.07, 6.45) is 1.46. The van der Waals surface area contributed by atoms with Crippen LogP contribution in [0.5, 0.6) is 5.75 Å². The Morgan fingerprint density at radius 1 is 1.14 bits per heavy atom. The summed E-state index contributed by atoms with van der Waals surface area (Å²) in [5, 5.41) is 9.34. The summed E-state index contributed by atoms with van der Waals surface area (Å²) in [4.78, 5) is 16.1. The zero-order valence-corrected chi connectivity index (χ0v) is 11.6. The first-order chi connectivity index (χ1) is 10.7. The van der Waals surface area contributed by atoms with Gasteiger partial charge in [0.05, 0.1) is 5.56 Å². The van der Waals surface area contributed by atoms with Gasteiger partial charge in [0.15, 0.2) is 0 Å². The van der Waals surface area contributed by atoms with Crippen LogP contribution >= 0.6 is 0 Å². The van der Waals surface area contributed by atoms with Crippen molar-refractivity contribution in [1.82, 2.24) is 4.98 Å². The van der Waals surface area contributed by atoms with Crippen molar-refractivity contribution in [2.24, 2.45) is 0 Å². The van der Waals surface area contributed by atoms with E-state index in [0.717, 1.165) is 5.56 Å². The van der Waals surface area contributed by atoms with E-state index in [-0.39, 0.29) is 17.9 Å². The highest BCUT2D eigenvalue weighted by atomic mass is 16.5. The molecule has 0 radical (unpaired) electrons. The number of esters is 1. The molecule has 0 saturated carbocycles. The first-order valence-electron chi connectivity index (χ1n) is 6.68. The summed E-state index contributed by atoms with van der Waals surface area (Å²) >= 11 is 0. The molecule has 3 rings (SSSR count). The zero-order chi connectivity index (χ0) is 15.4. The van der Waals surface area contributed by atoms with Crippen molar-refractivity contribution >= 4 is 5.97 Å². The van der Waals surface area contributed by atoms with Gasteiger partial charge in [0.1, 0.15) is 24.3 Å². The van der Waals surface area contributed by atoms with E-state index in [0.29, 0.717) is 11.6 Å². The fourth-order valence-corrected chi connectivity index (χ4v) is 1.94. The van der Waals surface area contributed by atoms with Gasteiger partial charge in [-0.3, -0.25) is 0 Å². The van der Waals surface area contributed by atoms with Crippen molar-refractivity contribution in [3.63, 3.8) is 0 Å². The number of hydrogen-bond acceptors (Lipinski definition) is 5. The van der Waals surface area contributed by atoms with Crippen LogP contribution in [0.25, 0.3) is 11.5 Å². The van der Waals surface area contributed by atoms with Gasteiger partial charge in [-0.25, -0.2) is 9.78 Å². The van der Waals surface area contributed by atoms with Crippen molar-refractivity contribution < 1.29 is 19.1 Å². The van der Waals surface area contributed by atoms with Crippen LogP contribution in [0.4, 0.5) is 0 Å². The van der Waals surface area contributed by atoms with E-state index in [9.17, 15) is 9.90 Å². The molecule has 110 valence electrons. The number of carbonyl (C=O) groups is 1. The monoisotopic (exact) mass is 295 g/mol. The van der Waals surface area contributed by atoms with E-state index in [4.69, 9.17) is 9.15 Å². The Bertz CT molecular complexity index is 780. The lowest BCUT2D eigenvalue weighted by molar-refractivity contribution is 0.0467. The summed E-state index contributed by atoms with van der Waals surface area (Å²) in [5.41, 5.74) is 1.66. The van der Waals surface area contributed by atoms with Crippen molar-refractivity contribution in [3.8, 4) is 17.2 Å². The number of ether oxygens (including phenoxy) is 1. The Morgan fingerprint density at radius 2 is 1.95 bits per heavy atom. The van der Waals surface area contributed by atoms with Gasteiger partial charge in [-0.2, -0.15) is 0 Å². The van der Waals surface area contributed by atoms with E-state index >= 15 is 0 Å². The fraction of sp³-hybridized carbons (Fsp3) is 0.0588. The largest absolute Gasteiger partial charge is 0.508 e. The Kier molecular flexibility index (Phi) is 3.87. The maximum Gasteiger partial charge on any atom is 0.338 e. The van der Waals surface area contributed by atoms with Crippen molar-refractivity contribution in [3.05, 3.63) is 72.1 Å². The second-order valence-corrected chi connectivity index (χ2v) is 4.64. The molecule has 0 aliphatic carbocycles. The molecule has 2 aromatic carbocycles. The second kappa shape index (κ2) is 6.13. The number of hydrogen-bond donors (Lipinski definition) is 1. The molecule has 0 atom stereocenters. The standard InChI is InChI=1S/C17H13NO4/c19-15-8-4-7-13(9-15)17(20)22-11-14-10-21-16(18-14)12-5-2-1-3-6-12/h1-10,19H,11H2. The number of benzene rings is 2. The van der Waals surface area contributed by atoms with Crippen LogP contribution in [0.2, 0.25) is 0 Å². The molecule has 1 aromatic heterocycles. The maximum absolute atomic E-state index is 11.9. The molecule has 1 N–H and O–H groups in total. The van der Waals surface area contributed by atoms with Gasteiger partial charge in [-0.1, -0.05) is 24.3 Å². The van der Waals surface area contributed by atoms with Crippen LogP contribution < -0.4 is 0 Å². The number of nitrogens with zero attached hydrogens (tertiary/aromatic N) is 1. The van der Waals surface area contributed by atoms with Gasteiger partial charge in [0, 0.05) is 5.56 Å².